The van der Waals surface area contributed by atoms with Gasteiger partial charge >= 0.3 is 0 Å². The summed E-state index contributed by atoms with van der Waals surface area (Å²) in [5.74, 6) is -0.198. The third kappa shape index (κ3) is 12.7. The van der Waals surface area contributed by atoms with E-state index in [1.807, 2.05) is 24.3 Å². The van der Waals surface area contributed by atoms with Gasteiger partial charge in [0.15, 0.2) is 0 Å². The van der Waals surface area contributed by atoms with Gasteiger partial charge in [0.1, 0.15) is 0 Å². The molecule has 0 bridgehead atoms. The van der Waals surface area contributed by atoms with Crippen molar-refractivity contribution in [3.05, 3.63) is 24.3 Å². The molecule has 0 aliphatic carbocycles. The van der Waals surface area contributed by atoms with Gasteiger partial charge in [0.2, 0.25) is 0 Å². The van der Waals surface area contributed by atoms with Crippen LogP contribution in [0.1, 0.15) is 77.6 Å². The molecule has 1 aromatic rings. The SMILES string of the molecule is CCCCCCCCCCCCN(CCCS(=O)(=O)O)c1ccc(N)cc1. The molecule has 0 atom stereocenters. The van der Waals surface area contributed by atoms with Crippen molar-refractivity contribution >= 4 is 21.5 Å². The van der Waals surface area contributed by atoms with E-state index in [1.54, 1.807) is 0 Å². The van der Waals surface area contributed by atoms with Gasteiger partial charge in [-0.3, -0.25) is 4.55 Å². The number of nitrogens with zero attached hydrogens (tertiary/aromatic N) is 1. The molecule has 0 unspecified atom stereocenters. The van der Waals surface area contributed by atoms with Gasteiger partial charge in [0, 0.05) is 24.5 Å². The predicted octanol–water partition coefficient (Wildman–Crippen LogP) is 5.27. The Morgan fingerprint density at radius 3 is 1.81 bits per heavy atom. The minimum atomic E-state index is -3.90. The summed E-state index contributed by atoms with van der Waals surface area (Å²) >= 11 is 0. The summed E-state index contributed by atoms with van der Waals surface area (Å²) in [5.41, 5.74) is 7.53. The smallest absolute Gasteiger partial charge is 0.264 e. The number of benzene rings is 1. The van der Waals surface area contributed by atoms with E-state index in [1.165, 1.54) is 57.8 Å². The largest absolute Gasteiger partial charge is 0.399 e. The second-order valence-electron chi connectivity index (χ2n) is 7.40. The van der Waals surface area contributed by atoms with Crippen LogP contribution in [0, 0.1) is 0 Å². The number of rotatable bonds is 16. The zero-order valence-corrected chi connectivity index (χ0v) is 17.7. The highest BCUT2D eigenvalue weighted by Crippen LogP contribution is 2.18. The van der Waals surface area contributed by atoms with Crippen molar-refractivity contribution in [3.8, 4) is 0 Å². The zero-order chi connectivity index (χ0) is 20.0. The van der Waals surface area contributed by atoms with Crippen LogP contribution in [0.5, 0.6) is 0 Å². The summed E-state index contributed by atoms with van der Waals surface area (Å²) in [5, 5.41) is 0. The van der Waals surface area contributed by atoms with E-state index >= 15 is 0 Å². The lowest BCUT2D eigenvalue weighted by Gasteiger charge is -2.25. The van der Waals surface area contributed by atoms with Crippen molar-refractivity contribution in [1.82, 2.24) is 0 Å². The predicted molar refractivity (Wildman–Crippen MR) is 116 cm³/mol. The van der Waals surface area contributed by atoms with E-state index < -0.39 is 10.1 Å². The molecule has 6 heteroatoms. The fourth-order valence-electron chi connectivity index (χ4n) is 3.28. The minimum absolute atomic E-state index is 0.198. The van der Waals surface area contributed by atoms with Crippen LogP contribution in [0.4, 0.5) is 11.4 Å². The number of nitrogens with two attached hydrogens (primary N) is 1. The van der Waals surface area contributed by atoms with E-state index in [9.17, 15) is 8.42 Å². The first-order chi connectivity index (χ1) is 12.9. The molecule has 0 saturated carbocycles. The summed E-state index contributed by atoms with van der Waals surface area (Å²) < 4.78 is 30.9. The fraction of sp³-hybridized carbons (Fsp3) is 0.714. The fourth-order valence-corrected chi connectivity index (χ4v) is 3.78. The van der Waals surface area contributed by atoms with Crippen LogP contribution in [-0.4, -0.2) is 31.8 Å². The Kier molecular flexibility index (Phi) is 12.2. The van der Waals surface area contributed by atoms with Gasteiger partial charge < -0.3 is 10.6 Å². The van der Waals surface area contributed by atoms with Crippen LogP contribution >= 0.6 is 0 Å². The number of anilines is 2. The minimum Gasteiger partial charge on any atom is -0.399 e. The van der Waals surface area contributed by atoms with Crippen molar-refractivity contribution in [2.45, 2.75) is 77.6 Å². The number of hydrogen-bond donors (Lipinski definition) is 2. The van der Waals surface area contributed by atoms with Crippen LogP contribution in [0.3, 0.4) is 0 Å². The Bertz CT molecular complexity index is 588. The summed E-state index contributed by atoms with van der Waals surface area (Å²) in [6, 6.07) is 7.67. The van der Waals surface area contributed by atoms with Crippen LogP contribution in [0.25, 0.3) is 0 Å². The monoisotopic (exact) mass is 398 g/mol. The van der Waals surface area contributed by atoms with Crippen LogP contribution in [0.15, 0.2) is 24.3 Å². The van der Waals surface area contributed by atoms with Crippen molar-refractivity contribution in [1.29, 1.82) is 0 Å². The van der Waals surface area contributed by atoms with Gasteiger partial charge in [-0.1, -0.05) is 64.7 Å². The third-order valence-corrected chi connectivity index (χ3v) is 5.67. The van der Waals surface area contributed by atoms with E-state index in [4.69, 9.17) is 10.3 Å². The van der Waals surface area contributed by atoms with Crippen molar-refractivity contribution < 1.29 is 13.0 Å². The van der Waals surface area contributed by atoms with Crippen LogP contribution in [-0.2, 0) is 10.1 Å². The molecule has 5 nitrogen and oxygen atoms in total. The maximum atomic E-state index is 11.0. The van der Waals surface area contributed by atoms with Gasteiger partial charge in [-0.15, -0.1) is 0 Å². The molecule has 0 aromatic heterocycles. The zero-order valence-electron chi connectivity index (χ0n) is 16.9. The molecule has 0 spiro atoms. The molecular formula is C21H38N2O3S. The molecule has 0 aliphatic rings. The average molecular weight is 399 g/mol. The van der Waals surface area contributed by atoms with Gasteiger partial charge in [-0.25, -0.2) is 0 Å². The molecular weight excluding hydrogens is 360 g/mol. The topological polar surface area (TPSA) is 83.6 Å². The first-order valence-electron chi connectivity index (χ1n) is 10.5. The quantitative estimate of drug-likeness (QED) is 0.225. The standard InChI is InChI=1S/C21H38N2O3S/c1-2-3-4-5-6-7-8-9-10-11-17-23(18-12-19-27(24,25)26)21-15-13-20(22)14-16-21/h13-16H,2-12,17-19,22H2,1H3,(H,24,25,26). The first-order valence-corrected chi connectivity index (χ1v) is 12.1. The molecule has 0 amide bonds. The Morgan fingerprint density at radius 1 is 0.815 bits per heavy atom. The van der Waals surface area contributed by atoms with Crippen molar-refractivity contribution in [2.75, 3.05) is 29.5 Å². The highest BCUT2D eigenvalue weighted by atomic mass is 32.2. The normalized spacial score (nSPS) is 11.6. The van der Waals surface area contributed by atoms with E-state index in [0.717, 1.165) is 24.3 Å². The lowest BCUT2D eigenvalue weighted by molar-refractivity contribution is 0.480. The maximum absolute atomic E-state index is 11.0. The molecule has 1 rings (SSSR count). The second-order valence-corrected chi connectivity index (χ2v) is 8.97. The van der Waals surface area contributed by atoms with E-state index in [-0.39, 0.29) is 5.75 Å². The van der Waals surface area contributed by atoms with Crippen molar-refractivity contribution in [3.63, 3.8) is 0 Å². The van der Waals surface area contributed by atoms with E-state index in [0.29, 0.717) is 13.0 Å². The molecule has 0 aliphatic heterocycles. The number of unbranched alkanes of at least 4 members (excludes halogenated alkanes) is 9. The molecule has 0 radical (unpaired) electrons. The lowest BCUT2D eigenvalue weighted by atomic mass is 10.1. The van der Waals surface area contributed by atoms with Crippen molar-refractivity contribution in [2.24, 2.45) is 0 Å². The molecule has 0 fully saturated rings. The molecule has 1 aromatic carbocycles. The molecule has 156 valence electrons. The van der Waals surface area contributed by atoms with Crippen LogP contribution in [0.2, 0.25) is 0 Å². The first kappa shape index (κ1) is 23.8. The highest BCUT2D eigenvalue weighted by molar-refractivity contribution is 7.85. The molecule has 27 heavy (non-hydrogen) atoms. The Balaban J connectivity index is 2.29. The van der Waals surface area contributed by atoms with E-state index in [2.05, 4.69) is 11.8 Å². The maximum Gasteiger partial charge on any atom is 0.264 e. The van der Waals surface area contributed by atoms with Gasteiger partial charge in [-0.2, -0.15) is 8.42 Å². The van der Waals surface area contributed by atoms with Gasteiger partial charge in [-0.05, 0) is 37.1 Å². The molecule has 0 heterocycles. The summed E-state index contributed by atoms with van der Waals surface area (Å²) in [6.07, 6.45) is 13.3. The van der Waals surface area contributed by atoms with Gasteiger partial charge in [0.25, 0.3) is 10.1 Å². The lowest BCUT2D eigenvalue weighted by Crippen LogP contribution is -2.27. The number of hydrogen-bond acceptors (Lipinski definition) is 4. The number of nitrogen functional groups attached to an aromatic ring is 1. The molecule has 0 saturated heterocycles. The molecule has 3 N–H and O–H groups in total. The Hall–Kier alpha value is -1.27. The Labute approximate surface area is 166 Å². The van der Waals surface area contributed by atoms with Crippen LogP contribution < -0.4 is 10.6 Å². The summed E-state index contributed by atoms with van der Waals surface area (Å²) in [7, 11) is -3.90. The third-order valence-electron chi connectivity index (χ3n) is 4.87. The second kappa shape index (κ2) is 13.8. The summed E-state index contributed by atoms with van der Waals surface area (Å²) in [4.78, 5) is 2.19. The average Bonchev–Trinajstić information content (AvgIpc) is 2.61. The van der Waals surface area contributed by atoms with Gasteiger partial charge in [0.05, 0.1) is 5.75 Å². The Morgan fingerprint density at radius 2 is 1.30 bits per heavy atom. The highest BCUT2D eigenvalue weighted by Gasteiger charge is 2.09. The summed E-state index contributed by atoms with van der Waals surface area (Å²) in [6.45, 7) is 3.75.